The molecular weight excluding hydrogens is 182 g/mol. The molecule has 78 valence electrons. The Kier molecular flexibility index (Phi) is 5.12. The van der Waals surface area contributed by atoms with Crippen LogP contribution in [0.1, 0.15) is 52.4 Å². The van der Waals surface area contributed by atoms with E-state index in [1.165, 1.54) is 38.5 Å². The first-order chi connectivity index (χ1) is 6.27. The number of alkyl halides is 1. The normalized spacial score (nSPS) is 29.5. The van der Waals surface area contributed by atoms with Gasteiger partial charge in [-0.15, -0.1) is 11.6 Å². The molecule has 1 rings (SSSR count). The van der Waals surface area contributed by atoms with Gasteiger partial charge in [-0.1, -0.05) is 26.7 Å². The van der Waals surface area contributed by atoms with E-state index in [0.717, 1.165) is 0 Å². The average Bonchev–Trinajstić information content (AvgIpc) is 2.17. The molecule has 0 radical (unpaired) electrons. The Balaban J connectivity index is 2.32. The number of hydrogen-bond acceptors (Lipinski definition) is 1. The van der Waals surface area contributed by atoms with E-state index >= 15 is 0 Å². The highest BCUT2D eigenvalue weighted by molar-refractivity contribution is 6.21. The van der Waals surface area contributed by atoms with Crippen LogP contribution < -0.4 is 5.32 Å². The number of hydrogen-bond donors (Lipinski definition) is 1. The average molecular weight is 204 g/mol. The van der Waals surface area contributed by atoms with E-state index in [0.29, 0.717) is 17.5 Å². The highest BCUT2D eigenvalue weighted by atomic mass is 35.5. The van der Waals surface area contributed by atoms with Crippen LogP contribution in [0, 0.1) is 0 Å². The Bertz CT molecular complexity index is 134. The summed E-state index contributed by atoms with van der Waals surface area (Å²) in [6.45, 7) is 4.49. The Morgan fingerprint density at radius 2 is 1.85 bits per heavy atom. The number of halogens is 1. The van der Waals surface area contributed by atoms with Crippen molar-refractivity contribution < 1.29 is 0 Å². The van der Waals surface area contributed by atoms with Crippen LogP contribution in [0.15, 0.2) is 0 Å². The van der Waals surface area contributed by atoms with Crippen molar-refractivity contribution in [3.05, 3.63) is 0 Å². The Morgan fingerprint density at radius 1 is 1.23 bits per heavy atom. The lowest BCUT2D eigenvalue weighted by Crippen LogP contribution is -2.44. The fourth-order valence-corrected chi connectivity index (χ4v) is 2.45. The molecule has 0 saturated heterocycles. The zero-order valence-corrected chi connectivity index (χ0v) is 9.61. The highest BCUT2D eigenvalue weighted by Crippen LogP contribution is 2.23. The summed E-state index contributed by atoms with van der Waals surface area (Å²) in [6.07, 6.45) is 7.56. The van der Waals surface area contributed by atoms with Crippen LogP contribution in [0.25, 0.3) is 0 Å². The largest absolute Gasteiger partial charge is 0.310 e. The van der Waals surface area contributed by atoms with Crippen LogP contribution in [-0.4, -0.2) is 17.5 Å². The lowest BCUT2D eigenvalue weighted by molar-refractivity contribution is 0.332. The summed E-state index contributed by atoms with van der Waals surface area (Å²) in [6, 6.07) is 1.24. The van der Waals surface area contributed by atoms with Crippen molar-refractivity contribution in [2.45, 2.75) is 69.8 Å². The summed E-state index contributed by atoms with van der Waals surface area (Å²) in [5.74, 6) is 0. The van der Waals surface area contributed by atoms with Gasteiger partial charge in [0.05, 0.1) is 0 Å². The van der Waals surface area contributed by atoms with Crippen molar-refractivity contribution in [2.24, 2.45) is 0 Å². The van der Waals surface area contributed by atoms with Gasteiger partial charge in [0.2, 0.25) is 0 Å². The van der Waals surface area contributed by atoms with E-state index in [4.69, 9.17) is 11.6 Å². The summed E-state index contributed by atoms with van der Waals surface area (Å²) >= 11 is 6.28. The second-order valence-electron chi connectivity index (χ2n) is 4.09. The molecular formula is C11H22ClN. The molecule has 2 unspecified atom stereocenters. The summed E-state index contributed by atoms with van der Waals surface area (Å²) in [4.78, 5) is 0. The predicted octanol–water partition coefficient (Wildman–Crippen LogP) is 3.31. The molecule has 1 fully saturated rings. The molecule has 2 atom stereocenters. The second kappa shape index (κ2) is 5.87. The molecule has 0 aliphatic heterocycles. The van der Waals surface area contributed by atoms with Crippen molar-refractivity contribution in [2.75, 3.05) is 0 Å². The fraction of sp³-hybridized carbons (Fsp3) is 1.00. The van der Waals surface area contributed by atoms with Crippen LogP contribution in [0.3, 0.4) is 0 Å². The van der Waals surface area contributed by atoms with Crippen molar-refractivity contribution in [1.29, 1.82) is 0 Å². The van der Waals surface area contributed by atoms with Crippen LogP contribution in [-0.2, 0) is 0 Å². The maximum atomic E-state index is 6.28. The third-order valence-corrected chi connectivity index (χ3v) is 3.64. The zero-order valence-electron chi connectivity index (χ0n) is 8.85. The maximum Gasteiger partial charge on any atom is 0.0489 e. The van der Waals surface area contributed by atoms with Gasteiger partial charge in [-0.25, -0.2) is 0 Å². The molecule has 0 spiro atoms. The lowest BCUT2D eigenvalue weighted by Gasteiger charge is -2.31. The van der Waals surface area contributed by atoms with Gasteiger partial charge in [0.25, 0.3) is 0 Å². The monoisotopic (exact) mass is 203 g/mol. The van der Waals surface area contributed by atoms with Gasteiger partial charge in [0.15, 0.2) is 0 Å². The Labute approximate surface area is 87.2 Å². The first-order valence-corrected chi connectivity index (χ1v) is 6.11. The molecule has 0 amide bonds. The van der Waals surface area contributed by atoms with E-state index in [-0.39, 0.29) is 0 Å². The highest BCUT2D eigenvalue weighted by Gasteiger charge is 2.24. The molecule has 0 aromatic carbocycles. The Morgan fingerprint density at radius 3 is 2.38 bits per heavy atom. The molecule has 1 aliphatic carbocycles. The van der Waals surface area contributed by atoms with Crippen molar-refractivity contribution in [3.8, 4) is 0 Å². The molecule has 1 aliphatic rings. The molecule has 0 heterocycles. The van der Waals surface area contributed by atoms with Gasteiger partial charge >= 0.3 is 0 Å². The standard InChI is InChI=1S/C11H22ClN/c1-3-9(4-2)13-11-8-6-5-7-10(11)12/h9-11,13H,3-8H2,1-2H3. The minimum Gasteiger partial charge on any atom is -0.310 e. The summed E-state index contributed by atoms with van der Waals surface area (Å²) in [7, 11) is 0. The first-order valence-electron chi connectivity index (χ1n) is 5.68. The summed E-state index contributed by atoms with van der Waals surface area (Å²) < 4.78 is 0. The third-order valence-electron chi connectivity index (χ3n) is 3.12. The topological polar surface area (TPSA) is 12.0 Å². The molecule has 13 heavy (non-hydrogen) atoms. The van der Waals surface area contributed by atoms with Crippen LogP contribution in [0.2, 0.25) is 0 Å². The minimum atomic E-state index is 0.370. The second-order valence-corrected chi connectivity index (χ2v) is 4.65. The SMILES string of the molecule is CCC(CC)NC1CCCCC1Cl. The van der Waals surface area contributed by atoms with Crippen molar-refractivity contribution in [1.82, 2.24) is 5.32 Å². The van der Waals surface area contributed by atoms with Gasteiger partial charge in [0, 0.05) is 17.5 Å². The summed E-state index contributed by atoms with van der Waals surface area (Å²) in [5, 5.41) is 4.04. The Hall–Kier alpha value is 0.250. The molecule has 1 nitrogen and oxygen atoms in total. The van der Waals surface area contributed by atoms with E-state index in [9.17, 15) is 0 Å². The van der Waals surface area contributed by atoms with E-state index in [1.807, 2.05) is 0 Å². The van der Waals surface area contributed by atoms with Crippen molar-refractivity contribution >= 4 is 11.6 Å². The third kappa shape index (κ3) is 3.47. The predicted molar refractivity (Wildman–Crippen MR) is 59.4 cm³/mol. The molecule has 0 aromatic heterocycles. The molecule has 1 saturated carbocycles. The van der Waals surface area contributed by atoms with Crippen LogP contribution >= 0.6 is 11.6 Å². The maximum absolute atomic E-state index is 6.28. The van der Waals surface area contributed by atoms with Gasteiger partial charge in [-0.2, -0.15) is 0 Å². The van der Waals surface area contributed by atoms with E-state index in [1.54, 1.807) is 0 Å². The van der Waals surface area contributed by atoms with E-state index < -0.39 is 0 Å². The lowest BCUT2D eigenvalue weighted by atomic mass is 9.94. The molecule has 2 heteroatoms. The van der Waals surface area contributed by atoms with Gasteiger partial charge in [-0.05, 0) is 25.7 Å². The number of nitrogens with one attached hydrogen (secondary N) is 1. The zero-order chi connectivity index (χ0) is 9.68. The fourth-order valence-electron chi connectivity index (χ4n) is 2.10. The smallest absolute Gasteiger partial charge is 0.0489 e. The van der Waals surface area contributed by atoms with Gasteiger partial charge in [0.1, 0.15) is 0 Å². The van der Waals surface area contributed by atoms with Crippen molar-refractivity contribution in [3.63, 3.8) is 0 Å². The van der Waals surface area contributed by atoms with Crippen LogP contribution in [0.4, 0.5) is 0 Å². The van der Waals surface area contributed by atoms with Crippen LogP contribution in [0.5, 0.6) is 0 Å². The number of rotatable bonds is 4. The molecule has 0 aromatic rings. The quantitative estimate of drug-likeness (QED) is 0.692. The minimum absolute atomic E-state index is 0.370. The van der Waals surface area contributed by atoms with E-state index in [2.05, 4.69) is 19.2 Å². The first kappa shape index (κ1) is 11.3. The summed E-state index contributed by atoms with van der Waals surface area (Å²) in [5.41, 5.74) is 0. The van der Waals surface area contributed by atoms with Gasteiger partial charge in [-0.3, -0.25) is 0 Å². The molecule has 0 bridgehead atoms. The van der Waals surface area contributed by atoms with Gasteiger partial charge < -0.3 is 5.32 Å². The molecule has 1 N–H and O–H groups in total.